The van der Waals surface area contributed by atoms with Crippen LogP contribution in [0.3, 0.4) is 0 Å². The lowest BCUT2D eigenvalue weighted by molar-refractivity contribution is 0.355. The van der Waals surface area contributed by atoms with E-state index in [1.54, 1.807) is 20.4 Å². The van der Waals surface area contributed by atoms with Crippen LogP contribution in [0.5, 0.6) is 11.5 Å². The first-order valence-electron chi connectivity index (χ1n) is 9.52. The van der Waals surface area contributed by atoms with Gasteiger partial charge in [-0.1, -0.05) is 30.3 Å². The number of hydrogen-bond donors (Lipinski definition) is 2. The van der Waals surface area contributed by atoms with Gasteiger partial charge in [0.15, 0.2) is 17.3 Å². The summed E-state index contributed by atoms with van der Waals surface area (Å²) in [4.78, 5) is 9.59. The zero-order valence-corrected chi connectivity index (χ0v) is 16.2. The molecule has 0 saturated heterocycles. The average molecular weight is 387 g/mol. The van der Waals surface area contributed by atoms with E-state index < -0.39 is 0 Å². The summed E-state index contributed by atoms with van der Waals surface area (Å²) >= 11 is 0. The van der Waals surface area contributed by atoms with Gasteiger partial charge >= 0.3 is 0 Å². The highest BCUT2D eigenvalue weighted by Crippen LogP contribution is 2.53. The van der Waals surface area contributed by atoms with Crippen LogP contribution < -0.4 is 14.8 Å². The van der Waals surface area contributed by atoms with Crippen LogP contribution in [0.25, 0.3) is 11.0 Å². The Morgan fingerprint density at radius 3 is 2.59 bits per heavy atom. The van der Waals surface area contributed by atoms with Gasteiger partial charge in [-0.2, -0.15) is 5.10 Å². The summed E-state index contributed by atoms with van der Waals surface area (Å²) in [6.07, 6.45) is 2.80. The number of H-pyrrole nitrogens is 1. The van der Waals surface area contributed by atoms with Gasteiger partial charge in [-0.25, -0.2) is 9.97 Å². The molecule has 0 radical (unpaired) electrons. The number of anilines is 2. The Hall–Kier alpha value is -3.61. The van der Waals surface area contributed by atoms with Crippen LogP contribution in [-0.2, 0) is 0 Å². The molecular weight excluding hydrogens is 366 g/mol. The second-order valence-electron chi connectivity index (χ2n) is 7.11. The molecule has 1 aliphatic rings. The van der Waals surface area contributed by atoms with Crippen LogP contribution in [0.4, 0.5) is 11.5 Å². The van der Waals surface area contributed by atoms with Gasteiger partial charge < -0.3 is 14.8 Å². The van der Waals surface area contributed by atoms with Crippen LogP contribution >= 0.6 is 0 Å². The highest BCUT2D eigenvalue weighted by molar-refractivity contribution is 5.87. The number of methoxy groups -OCH3 is 2. The lowest BCUT2D eigenvalue weighted by Crippen LogP contribution is -2.02. The number of hydrogen-bond acceptors (Lipinski definition) is 6. The Balaban J connectivity index is 1.48. The quantitative estimate of drug-likeness (QED) is 0.511. The molecule has 2 aromatic heterocycles. The number of benzene rings is 2. The van der Waals surface area contributed by atoms with E-state index in [4.69, 9.17) is 19.4 Å². The van der Waals surface area contributed by atoms with E-state index >= 15 is 0 Å². The molecule has 0 aliphatic heterocycles. The summed E-state index contributed by atoms with van der Waals surface area (Å²) in [5, 5.41) is 10.5. The first-order chi connectivity index (χ1) is 14.3. The van der Waals surface area contributed by atoms with Crippen molar-refractivity contribution in [1.82, 2.24) is 20.2 Å². The van der Waals surface area contributed by atoms with E-state index in [-0.39, 0.29) is 0 Å². The first-order valence-corrected chi connectivity index (χ1v) is 9.52. The summed E-state index contributed by atoms with van der Waals surface area (Å²) in [5.41, 5.74) is 3.76. The fraction of sp³-hybridized carbons (Fsp3) is 0.227. The predicted molar refractivity (Wildman–Crippen MR) is 111 cm³/mol. The van der Waals surface area contributed by atoms with E-state index in [0.29, 0.717) is 29.2 Å². The third-order valence-electron chi connectivity index (χ3n) is 5.31. The molecule has 2 N–H and O–H groups in total. The number of aromatic nitrogens is 4. The molecule has 1 aliphatic carbocycles. The number of ether oxygens (including phenoxy) is 2. The Morgan fingerprint density at radius 2 is 1.79 bits per heavy atom. The SMILES string of the molecule is COc1ccc(Nc2nc([C@H]3C[C@@H]3c3ccccc3)nc3cn[nH]c23)cc1OC. The molecule has 1 fully saturated rings. The minimum absolute atomic E-state index is 0.322. The van der Waals surface area contributed by atoms with Crippen LogP contribution in [0.15, 0.2) is 54.7 Å². The monoisotopic (exact) mass is 387 g/mol. The topological polar surface area (TPSA) is 85.0 Å². The van der Waals surface area contributed by atoms with Crippen LogP contribution in [-0.4, -0.2) is 34.4 Å². The van der Waals surface area contributed by atoms with E-state index in [1.165, 1.54) is 5.56 Å². The molecule has 0 amide bonds. The number of rotatable bonds is 6. The molecule has 29 heavy (non-hydrogen) atoms. The summed E-state index contributed by atoms with van der Waals surface area (Å²) in [6.45, 7) is 0. The maximum Gasteiger partial charge on any atom is 0.162 e. The van der Waals surface area contributed by atoms with Crippen molar-refractivity contribution in [3.05, 3.63) is 66.1 Å². The fourth-order valence-corrected chi connectivity index (χ4v) is 3.71. The number of nitrogens with one attached hydrogen (secondary N) is 2. The third-order valence-corrected chi connectivity index (χ3v) is 5.31. The Labute approximate surface area is 168 Å². The lowest BCUT2D eigenvalue weighted by atomic mass is 10.1. The zero-order chi connectivity index (χ0) is 19.8. The van der Waals surface area contributed by atoms with E-state index in [2.05, 4.69) is 39.8 Å². The maximum atomic E-state index is 5.40. The highest BCUT2D eigenvalue weighted by atomic mass is 16.5. The highest BCUT2D eigenvalue weighted by Gasteiger charge is 2.42. The van der Waals surface area contributed by atoms with Crippen LogP contribution in [0.2, 0.25) is 0 Å². The van der Waals surface area contributed by atoms with Gasteiger partial charge in [-0.15, -0.1) is 0 Å². The van der Waals surface area contributed by atoms with E-state index in [1.807, 2.05) is 24.3 Å². The molecule has 7 nitrogen and oxygen atoms in total. The normalized spacial score (nSPS) is 17.9. The fourth-order valence-electron chi connectivity index (χ4n) is 3.71. The van der Waals surface area contributed by atoms with Crippen molar-refractivity contribution in [2.45, 2.75) is 18.3 Å². The molecule has 2 heterocycles. The Kier molecular flexibility index (Phi) is 4.27. The summed E-state index contributed by atoms with van der Waals surface area (Å²) in [6, 6.07) is 16.2. The van der Waals surface area contributed by atoms with Gasteiger partial charge in [0.1, 0.15) is 16.9 Å². The smallest absolute Gasteiger partial charge is 0.162 e. The van der Waals surface area contributed by atoms with Crippen molar-refractivity contribution < 1.29 is 9.47 Å². The van der Waals surface area contributed by atoms with Gasteiger partial charge in [0, 0.05) is 17.7 Å². The standard InChI is InChI=1S/C22H21N5O2/c1-28-18-9-8-14(10-19(18)29-2)24-22-20-17(12-23-27-20)25-21(26-22)16-11-15(16)13-6-4-3-5-7-13/h3-10,12,15-16H,11H2,1-2H3,(H,23,27)(H,24,25,26)/t15-,16+/m1/s1. The van der Waals surface area contributed by atoms with Crippen molar-refractivity contribution >= 4 is 22.5 Å². The van der Waals surface area contributed by atoms with Crippen LogP contribution in [0.1, 0.15) is 29.6 Å². The molecule has 2 aromatic carbocycles. The van der Waals surface area contributed by atoms with Crippen molar-refractivity contribution in [2.24, 2.45) is 0 Å². The van der Waals surface area contributed by atoms with E-state index in [0.717, 1.165) is 29.0 Å². The Bertz CT molecular complexity index is 1160. The number of fused-ring (bicyclic) bond motifs is 1. The van der Waals surface area contributed by atoms with Crippen LogP contribution in [0, 0.1) is 0 Å². The lowest BCUT2D eigenvalue weighted by Gasteiger charge is -2.12. The molecule has 7 heteroatoms. The maximum absolute atomic E-state index is 5.40. The van der Waals surface area contributed by atoms with Crippen molar-refractivity contribution in [2.75, 3.05) is 19.5 Å². The van der Waals surface area contributed by atoms with Gasteiger partial charge in [-0.05, 0) is 30.0 Å². The third kappa shape index (κ3) is 3.24. The van der Waals surface area contributed by atoms with Crippen molar-refractivity contribution in [3.8, 4) is 11.5 Å². The predicted octanol–water partition coefficient (Wildman–Crippen LogP) is 4.38. The van der Waals surface area contributed by atoms with Crippen molar-refractivity contribution in [3.63, 3.8) is 0 Å². The summed E-state index contributed by atoms with van der Waals surface area (Å²) < 4.78 is 10.7. The minimum atomic E-state index is 0.322. The average Bonchev–Trinajstić information content (AvgIpc) is 3.43. The molecule has 1 saturated carbocycles. The van der Waals surface area contributed by atoms with Gasteiger partial charge in [0.25, 0.3) is 0 Å². The number of aromatic amines is 1. The molecule has 0 unspecified atom stereocenters. The summed E-state index contributed by atoms with van der Waals surface area (Å²) in [5.74, 6) is 3.66. The molecule has 2 atom stereocenters. The summed E-state index contributed by atoms with van der Waals surface area (Å²) in [7, 11) is 3.24. The first kappa shape index (κ1) is 17.5. The van der Waals surface area contributed by atoms with Gasteiger partial charge in [-0.3, -0.25) is 5.10 Å². The molecule has 4 aromatic rings. The molecular formula is C22H21N5O2. The van der Waals surface area contributed by atoms with Gasteiger partial charge in [0.2, 0.25) is 0 Å². The largest absolute Gasteiger partial charge is 0.493 e. The zero-order valence-electron chi connectivity index (χ0n) is 16.2. The molecule has 0 spiro atoms. The molecule has 0 bridgehead atoms. The minimum Gasteiger partial charge on any atom is -0.493 e. The van der Waals surface area contributed by atoms with E-state index in [9.17, 15) is 0 Å². The van der Waals surface area contributed by atoms with Crippen molar-refractivity contribution in [1.29, 1.82) is 0 Å². The van der Waals surface area contributed by atoms with Gasteiger partial charge in [0.05, 0.1) is 20.4 Å². The molecule has 5 rings (SSSR count). The Morgan fingerprint density at radius 1 is 0.966 bits per heavy atom. The second kappa shape index (κ2) is 7.09. The molecule has 146 valence electrons. The second-order valence-corrected chi connectivity index (χ2v) is 7.11. The number of nitrogens with zero attached hydrogens (tertiary/aromatic N) is 3.